The number of nitrogens with one attached hydrogen (secondary N) is 1. The Morgan fingerprint density at radius 3 is 2.68 bits per heavy atom. The molecule has 2 aliphatic heterocycles. The van der Waals surface area contributed by atoms with Gasteiger partial charge in [-0.2, -0.15) is 0 Å². The van der Waals surface area contributed by atoms with Crippen molar-refractivity contribution in [1.29, 1.82) is 0 Å². The maximum absolute atomic E-state index is 10.8. The highest BCUT2D eigenvalue weighted by atomic mass is 16.5. The van der Waals surface area contributed by atoms with E-state index >= 15 is 0 Å². The summed E-state index contributed by atoms with van der Waals surface area (Å²) >= 11 is 0. The van der Waals surface area contributed by atoms with Gasteiger partial charge in [-0.3, -0.25) is 0 Å². The van der Waals surface area contributed by atoms with Crippen LogP contribution < -0.4 is 15.0 Å². The predicted octanol–water partition coefficient (Wildman–Crippen LogP) is 3.75. The van der Waals surface area contributed by atoms with E-state index in [1.54, 1.807) is 7.11 Å². The summed E-state index contributed by atoms with van der Waals surface area (Å²) in [6.45, 7) is 9.58. The Kier molecular flexibility index (Phi) is 8.84. The summed E-state index contributed by atoms with van der Waals surface area (Å²) in [5.74, 6) is 1.52. The monoisotopic (exact) mass is 468 g/mol. The molecular formula is C28H40N2O4. The Morgan fingerprint density at radius 1 is 1.12 bits per heavy atom. The largest absolute Gasteiger partial charge is 0.490 e. The molecule has 0 bridgehead atoms. The first kappa shape index (κ1) is 25.0. The van der Waals surface area contributed by atoms with Gasteiger partial charge in [0.05, 0.1) is 31.0 Å². The van der Waals surface area contributed by atoms with Crippen LogP contribution in [0.2, 0.25) is 0 Å². The van der Waals surface area contributed by atoms with Crippen LogP contribution in [0.1, 0.15) is 42.9 Å². The molecule has 0 aliphatic carbocycles. The number of rotatable bonds is 10. The standard InChI is InChI=1S/C28H40N2O4/c1-20(2)15-21-5-8-23(9-6-21)28-25(31)17-29-18-27(28)34-19-22-7-10-26-24(16-22)30(12-14-33-26)11-4-13-32-3/h5-10,16,20,25,27-29,31H,4,11-15,17-19H2,1-3H3. The summed E-state index contributed by atoms with van der Waals surface area (Å²) in [7, 11) is 1.74. The van der Waals surface area contributed by atoms with Gasteiger partial charge in [-0.15, -0.1) is 0 Å². The average molecular weight is 469 g/mol. The number of methoxy groups -OCH3 is 1. The number of aliphatic hydroxyl groups is 1. The molecule has 4 rings (SSSR count). The van der Waals surface area contributed by atoms with Gasteiger partial charge in [-0.25, -0.2) is 0 Å². The molecule has 34 heavy (non-hydrogen) atoms. The van der Waals surface area contributed by atoms with Gasteiger partial charge in [0, 0.05) is 39.3 Å². The number of hydrogen-bond acceptors (Lipinski definition) is 6. The molecule has 2 aliphatic rings. The van der Waals surface area contributed by atoms with Crippen LogP contribution in [0.4, 0.5) is 5.69 Å². The fourth-order valence-corrected chi connectivity index (χ4v) is 5.07. The average Bonchev–Trinajstić information content (AvgIpc) is 2.83. The molecule has 6 nitrogen and oxygen atoms in total. The van der Waals surface area contributed by atoms with Gasteiger partial charge >= 0.3 is 0 Å². The molecule has 0 radical (unpaired) electrons. The van der Waals surface area contributed by atoms with Gasteiger partial charge in [0.25, 0.3) is 0 Å². The van der Waals surface area contributed by atoms with Crippen LogP contribution >= 0.6 is 0 Å². The third-order valence-electron chi connectivity index (χ3n) is 6.75. The van der Waals surface area contributed by atoms with Crippen molar-refractivity contribution >= 4 is 5.69 Å². The lowest BCUT2D eigenvalue weighted by molar-refractivity contribution is -0.0328. The van der Waals surface area contributed by atoms with Crippen molar-refractivity contribution in [2.75, 3.05) is 51.4 Å². The molecule has 0 amide bonds. The normalized spacial score (nSPS) is 22.5. The van der Waals surface area contributed by atoms with Crippen LogP contribution in [-0.4, -0.2) is 63.8 Å². The number of hydrogen-bond donors (Lipinski definition) is 2. The molecule has 2 aromatic rings. The molecule has 0 spiro atoms. The lowest BCUT2D eigenvalue weighted by Gasteiger charge is -2.36. The Morgan fingerprint density at radius 2 is 1.91 bits per heavy atom. The fourth-order valence-electron chi connectivity index (χ4n) is 5.07. The fraction of sp³-hybridized carbons (Fsp3) is 0.571. The number of aliphatic hydroxyl groups excluding tert-OH is 1. The van der Waals surface area contributed by atoms with Crippen molar-refractivity contribution in [2.45, 2.75) is 51.4 Å². The van der Waals surface area contributed by atoms with Crippen LogP contribution in [0.5, 0.6) is 5.75 Å². The van der Waals surface area contributed by atoms with Gasteiger partial charge in [0.1, 0.15) is 12.4 Å². The SMILES string of the molecule is COCCCN1CCOc2ccc(COC3CNCC(O)C3c3ccc(CC(C)C)cc3)cc21. The minimum atomic E-state index is -0.470. The molecule has 2 N–H and O–H groups in total. The molecule has 2 heterocycles. The van der Waals surface area contributed by atoms with E-state index in [9.17, 15) is 5.11 Å². The summed E-state index contributed by atoms with van der Waals surface area (Å²) < 4.78 is 17.5. The zero-order chi connectivity index (χ0) is 23.9. The van der Waals surface area contributed by atoms with Crippen LogP contribution in [0.15, 0.2) is 42.5 Å². The highest BCUT2D eigenvalue weighted by Crippen LogP contribution is 2.34. The zero-order valence-electron chi connectivity index (χ0n) is 20.8. The third kappa shape index (κ3) is 6.30. The van der Waals surface area contributed by atoms with Crippen molar-refractivity contribution in [3.8, 4) is 5.75 Å². The number of benzene rings is 2. The first-order valence-corrected chi connectivity index (χ1v) is 12.6. The van der Waals surface area contributed by atoms with Crippen molar-refractivity contribution in [3.63, 3.8) is 0 Å². The zero-order valence-corrected chi connectivity index (χ0v) is 20.8. The molecule has 0 saturated carbocycles. The van der Waals surface area contributed by atoms with Gasteiger partial charge < -0.3 is 29.5 Å². The van der Waals surface area contributed by atoms with Crippen molar-refractivity contribution < 1.29 is 19.3 Å². The number of piperidine rings is 1. The first-order chi connectivity index (χ1) is 16.5. The second-order valence-electron chi connectivity index (χ2n) is 9.92. The molecule has 1 saturated heterocycles. The number of fused-ring (bicyclic) bond motifs is 1. The van der Waals surface area contributed by atoms with Crippen molar-refractivity contribution in [1.82, 2.24) is 5.32 Å². The summed E-state index contributed by atoms with van der Waals surface area (Å²) in [4.78, 5) is 2.37. The van der Waals surface area contributed by atoms with Crippen molar-refractivity contribution in [2.24, 2.45) is 5.92 Å². The summed E-state index contributed by atoms with van der Waals surface area (Å²) in [5.41, 5.74) is 4.73. The molecule has 3 unspecified atom stereocenters. The van der Waals surface area contributed by atoms with Gasteiger partial charge in [0.15, 0.2) is 0 Å². The van der Waals surface area contributed by atoms with E-state index in [1.165, 1.54) is 5.56 Å². The summed E-state index contributed by atoms with van der Waals surface area (Å²) in [6, 6.07) is 15.0. The number of ether oxygens (including phenoxy) is 3. The number of β-amino-alcohol motifs (C(OH)–C–C–N with tert-alkyl or cyclic N) is 1. The summed E-state index contributed by atoms with van der Waals surface area (Å²) in [5, 5.41) is 14.2. The van der Waals surface area contributed by atoms with Crippen LogP contribution in [-0.2, 0) is 22.5 Å². The second-order valence-corrected chi connectivity index (χ2v) is 9.92. The molecule has 0 aromatic heterocycles. The van der Waals surface area contributed by atoms with Gasteiger partial charge in [-0.1, -0.05) is 44.2 Å². The van der Waals surface area contributed by atoms with E-state index in [2.05, 4.69) is 66.5 Å². The quantitative estimate of drug-likeness (QED) is 0.518. The van der Waals surface area contributed by atoms with E-state index in [-0.39, 0.29) is 12.0 Å². The lowest BCUT2D eigenvalue weighted by atomic mass is 9.84. The van der Waals surface area contributed by atoms with Gasteiger partial charge in [-0.05, 0) is 47.6 Å². The lowest BCUT2D eigenvalue weighted by Crippen LogP contribution is -2.49. The highest BCUT2D eigenvalue weighted by molar-refractivity contribution is 5.61. The van der Waals surface area contributed by atoms with Crippen molar-refractivity contribution in [3.05, 3.63) is 59.2 Å². The minimum Gasteiger partial charge on any atom is -0.490 e. The van der Waals surface area contributed by atoms with E-state index in [0.29, 0.717) is 25.7 Å². The topological polar surface area (TPSA) is 63.2 Å². The first-order valence-electron chi connectivity index (χ1n) is 12.6. The third-order valence-corrected chi connectivity index (χ3v) is 6.75. The van der Waals surface area contributed by atoms with E-state index in [0.717, 1.165) is 61.6 Å². The molecule has 186 valence electrons. The van der Waals surface area contributed by atoms with Gasteiger partial charge in [0.2, 0.25) is 0 Å². The Labute approximate surface area is 204 Å². The van der Waals surface area contributed by atoms with E-state index in [1.807, 2.05) is 0 Å². The number of anilines is 1. The highest BCUT2D eigenvalue weighted by Gasteiger charge is 2.34. The van der Waals surface area contributed by atoms with E-state index < -0.39 is 6.10 Å². The maximum Gasteiger partial charge on any atom is 0.142 e. The Bertz CT molecular complexity index is 902. The summed E-state index contributed by atoms with van der Waals surface area (Å²) in [6.07, 6.45) is 1.49. The number of nitrogens with zero attached hydrogens (tertiary/aromatic N) is 1. The minimum absolute atomic E-state index is 0.0409. The smallest absolute Gasteiger partial charge is 0.142 e. The molecule has 1 fully saturated rings. The molecule has 3 atom stereocenters. The van der Waals surface area contributed by atoms with Crippen LogP contribution in [0, 0.1) is 5.92 Å². The maximum atomic E-state index is 10.8. The molecular weight excluding hydrogens is 428 g/mol. The molecule has 6 heteroatoms. The van der Waals surface area contributed by atoms with Crippen LogP contribution in [0.25, 0.3) is 0 Å². The van der Waals surface area contributed by atoms with E-state index in [4.69, 9.17) is 14.2 Å². The second kappa shape index (κ2) is 12.0. The van der Waals surface area contributed by atoms with Crippen LogP contribution in [0.3, 0.4) is 0 Å². The predicted molar refractivity (Wildman–Crippen MR) is 136 cm³/mol. The Hall–Kier alpha value is -2.12. The Balaban J connectivity index is 1.43. The molecule has 2 aromatic carbocycles.